The minimum absolute atomic E-state index is 0.0880. The van der Waals surface area contributed by atoms with Gasteiger partial charge in [0, 0.05) is 28.4 Å². The van der Waals surface area contributed by atoms with E-state index in [4.69, 9.17) is 4.74 Å². The van der Waals surface area contributed by atoms with Crippen LogP contribution >= 0.6 is 0 Å². The van der Waals surface area contributed by atoms with Gasteiger partial charge in [0.15, 0.2) is 6.61 Å². The first kappa shape index (κ1) is 21.1. The molecule has 0 radical (unpaired) electrons. The number of amides is 2. The molecular weight excluding hydrogens is 376 g/mol. The fourth-order valence-electron chi connectivity index (χ4n) is 2.78. The summed E-state index contributed by atoms with van der Waals surface area (Å²) in [5.74, 6) is 0.158. The van der Waals surface area contributed by atoms with Gasteiger partial charge in [-0.05, 0) is 23.8 Å². The van der Waals surface area contributed by atoms with Gasteiger partial charge in [0.1, 0.15) is 5.75 Å². The summed E-state index contributed by atoms with van der Waals surface area (Å²) in [6, 6.07) is 24.5. The van der Waals surface area contributed by atoms with E-state index in [9.17, 15) is 9.59 Å². The second kappa shape index (κ2) is 9.27. The predicted molar refractivity (Wildman–Crippen MR) is 121 cm³/mol. The van der Waals surface area contributed by atoms with Gasteiger partial charge in [0.05, 0.1) is 0 Å². The summed E-state index contributed by atoms with van der Waals surface area (Å²) in [6.45, 7) is 5.40. The average Bonchev–Trinajstić information content (AvgIpc) is 2.73. The zero-order valence-electron chi connectivity index (χ0n) is 17.4. The lowest BCUT2D eigenvalue weighted by Crippen LogP contribution is -2.27. The highest BCUT2D eigenvalue weighted by Crippen LogP contribution is 2.27. The Morgan fingerprint density at radius 1 is 0.833 bits per heavy atom. The highest BCUT2D eigenvalue weighted by atomic mass is 16.5. The Kier molecular flexibility index (Phi) is 6.52. The van der Waals surface area contributed by atoms with Gasteiger partial charge in [0.2, 0.25) is 5.91 Å². The molecule has 0 bridgehead atoms. The summed E-state index contributed by atoms with van der Waals surface area (Å²) in [5.41, 5.74) is 2.82. The van der Waals surface area contributed by atoms with E-state index >= 15 is 0 Å². The highest BCUT2D eigenvalue weighted by molar-refractivity contribution is 5.96. The quantitative estimate of drug-likeness (QED) is 0.584. The van der Waals surface area contributed by atoms with Crippen molar-refractivity contribution >= 4 is 23.2 Å². The zero-order chi connectivity index (χ0) is 21.6. The van der Waals surface area contributed by atoms with Gasteiger partial charge in [-0.3, -0.25) is 9.59 Å². The van der Waals surface area contributed by atoms with Crippen LogP contribution in [0.5, 0.6) is 5.75 Å². The number of rotatable bonds is 6. The Morgan fingerprint density at radius 2 is 1.53 bits per heavy atom. The van der Waals surface area contributed by atoms with Crippen molar-refractivity contribution in [2.75, 3.05) is 17.2 Å². The van der Waals surface area contributed by atoms with Crippen molar-refractivity contribution in [3.63, 3.8) is 0 Å². The lowest BCUT2D eigenvalue weighted by molar-refractivity contribution is -0.123. The molecule has 0 aliphatic rings. The molecule has 0 aliphatic carbocycles. The van der Waals surface area contributed by atoms with Crippen LogP contribution in [0.1, 0.15) is 20.8 Å². The molecule has 2 amide bonds. The zero-order valence-corrected chi connectivity index (χ0v) is 17.4. The molecule has 5 heteroatoms. The number of nitrogens with one attached hydrogen (secondary N) is 2. The molecule has 30 heavy (non-hydrogen) atoms. The van der Waals surface area contributed by atoms with E-state index in [1.54, 1.807) is 24.3 Å². The molecule has 0 saturated heterocycles. The van der Waals surface area contributed by atoms with Crippen LogP contribution in [0.2, 0.25) is 0 Å². The van der Waals surface area contributed by atoms with Crippen LogP contribution in [-0.2, 0) is 9.59 Å². The molecule has 0 atom stereocenters. The number of carbonyl (C=O) groups is 2. The fraction of sp³-hybridized carbons (Fsp3) is 0.200. The maximum Gasteiger partial charge on any atom is 0.262 e. The standard InChI is InChI=1S/C25H26N2O3/c1-25(2,3)24(29)26-19-12-9-13-20(16-19)30-17-23(28)27-22-15-8-7-14-21(22)18-10-5-4-6-11-18/h4-16H,17H2,1-3H3,(H,26,29)(H,27,28). The SMILES string of the molecule is CC(C)(C)C(=O)Nc1cccc(OCC(=O)Nc2ccccc2-c2ccccc2)c1. The lowest BCUT2D eigenvalue weighted by Gasteiger charge is -2.18. The van der Waals surface area contributed by atoms with Gasteiger partial charge in [0.25, 0.3) is 5.91 Å². The summed E-state index contributed by atoms with van der Waals surface area (Å²) in [4.78, 5) is 24.6. The van der Waals surface area contributed by atoms with E-state index in [0.29, 0.717) is 11.4 Å². The molecule has 3 aromatic rings. The monoisotopic (exact) mass is 402 g/mol. The van der Waals surface area contributed by atoms with Crippen LogP contribution in [0.15, 0.2) is 78.9 Å². The van der Waals surface area contributed by atoms with Crippen LogP contribution in [-0.4, -0.2) is 18.4 Å². The van der Waals surface area contributed by atoms with Crippen LogP contribution < -0.4 is 15.4 Å². The first-order valence-electron chi connectivity index (χ1n) is 9.81. The number of carbonyl (C=O) groups excluding carboxylic acids is 2. The molecule has 0 heterocycles. The molecule has 0 saturated carbocycles. The first-order valence-corrected chi connectivity index (χ1v) is 9.81. The molecule has 0 fully saturated rings. The maximum absolute atomic E-state index is 12.5. The van der Waals surface area contributed by atoms with E-state index in [-0.39, 0.29) is 18.4 Å². The van der Waals surface area contributed by atoms with Gasteiger partial charge in [-0.1, -0.05) is 75.4 Å². The number of hydrogen-bond donors (Lipinski definition) is 2. The maximum atomic E-state index is 12.5. The number of benzene rings is 3. The molecule has 0 unspecified atom stereocenters. The van der Waals surface area contributed by atoms with Crippen LogP contribution in [0.25, 0.3) is 11.1 Å². The molecule has 0 aliphatic heterocycles. The van der Waals surface area contributed by atoms with Crippen molar-refractivity contribution in [1.29, 1.82) is 0 Å². The molecule has 0 spiro atoms. The van der Waals surface area contributed by atoms with E-state index in [0.717, 1.165) is 16.8 Å². The molecular formula is C25H26N2O3. The third-order valence-corrected chi connectivity index (χ3v) is 4.43. The van der Waals surface area contributed by atoms with Crippen molar-refractivity contribution in [3.8, 4) is 16.9 Å². The summed E-state index contributed by atoms with van der Waals surface area (Å²) in [6.07, 6.45) is 0. The summed E-state index contributed by atoms with van der Waals surface area (Å²) < 4.78 is 5.63. The minimum Gasteiger partial charge on any atom is -0.484 e. The molecule has 154 valence electrons. The molecule has 0 aromatic heterocycles. The van der Waals surface area contributed by atoms with Crippen molar-refractivity contribution < 1.29 is 14.3 Å². The predicted octanol–water partition coefficient (Wildman–Crippen LogP) is 5.36. The second-order valence-corrected chi connectivity index (χ2v) is 7.98. The Labute approximate surface area is 177 Å². The summed E-state index contributed by atoms with van der Waals surface area (Å²) >= 11 is 0. The van der Waals surface area contributed by atoms with Gasteiger partial charge >= 0.3 is 0 Å². The number of hydrogen-bond acceptors (Lipinski definition) is 3. The van der Waals surface area contributed by atoms with Crippen molar-refractivity contribution in [2.45, 2.75) is 20.8 Å². The first-order chi connectivity index (χ1) is 14.3. The van der Waals surface area contributed by atoms with E-state index in [2.05, 4.69) is 10.6 Å². The largest absolute Gasteiger partial charge is 0.484 e. The number of para-hydroxylation sites is 1. The Bertz CT molecular complexity index is 1020. The molecule has 3 rings (SSSR count). The second-order valence-electron chi connectivity index (χ2n) is 7.98. The van der Waals surface area contributed by atoms with E-state index < -0.39 is 5.41 Å². The van der Waals surface area contributed by atoms with Crippen LogP contribution in [0.3, 0.4) is 0 Å². The highest BCUT2D eigenvalue weighted by Gasteiger charge is 2.21. The smallest absolute Gasteiger partial charge is 0.262 e. The minimum atomic E-state index is -0.497. The lowest BCUT2D eigenvalue weighted by atomic mass is 9.95. The Balaban J connectivity index is 1.62. The molecule has 5 nitrogen and oxygen atoms in total. The van der Waals surface area contributed by atoms with Crippen LogP contribution in [0, 0.1) is 5.41 Å². The van der Waals surface area contributed by atoms with Crippen LogP contribution in [0.4, 0.5) is 11.4 Å². The van der Waals surface area contributed by atoms with E-state index in [1.165, 1.54) is 0 Å². The molecule has 3 aromatic carbocycles. The summed E-state index contributed by atoms with van der Waals surface area (Å²) in [5, 5.41) is 5.77. The van der Waals surface area contributed by atoms with Gasteiger partial charge < -0.3 is 15.4 Å². The number of anilines is 2. The van der Waals surface area contributed by atoms with Gasteiger partial charge in [-0.15, -0.1) is 0 Å². The normalized spacial score (nSPS) is 10.9. The van der Waals surface area contributed by atoms with E-state index in [1.807, 2.05) is 75.4 Å². The topological polar surface area (TPSA) is 67.4 Å². The molecule has 2 N–H and O–H groups in total. The average molecular weight is 402 g/mol. The van der Waals surface area contributed by atoms with Gasteiger partial charge in [-0.2, -0.15) is 0 Å². The third-order valence-electron chi connectivity index (χ3n) is 4.43. The Hall–Kier alpha value is -3.60. The van der Waals surface area contributed by atoms with Crippen molar-refractivity contribution in [2.24, 2.45) is 5.41 Å². The van der Waals surface area contributed by atoms with Crippen molar-refractivity contribution in [3.05, 3.63) is 78.9 Å². The number of ether oxygens (including phenoxy) is 1. The fourth-order valence-corrected chi connectivity index (χ4v) is 2.78. The Morgan fingerprint density at radius 3 is 2.27 bits per heavy atom. The van der Waals surface area contributed by atoms with Gasteiger partial charge in [-0.25, -0.2) is 0 Å². The third kappa shape index (κ3) is 5.70. The summed E-state index contributed by atoms with van der Waals surface area (Å²) in [7, 11) is 0. The van der Waals surface area contributed by atoms with Crippen molar-refractivity contribution in [1.82, 2.24) is 0 Å².